The van der Waals surface area contributed by atoms with Gasteiger partial charge in [-0.3, -0.25) is 14.4 Å². The molecular formula is C33H27F3N2O3. The van der Waals surface area contributed by atoms with Gasteiger partial charge in [0.1, 0.15) is 0 Å². The fourth-order valence-corrected chi connectivity index (χ4v) is 6.23. The second kappa shape index (κ2) is 9.29. The molecule has 0 saturated heterocycles. The van der Waals surface area contributed by atoms with Crippen molar-refractivity contribution in [1.29, 1.82) is 0 Å². The minimum absolute atomic E-state index is 0.0226. The van der Waals surface area contributed by atoms with Crippen molar-refractivity contribution in [1.82, 2.24) is 0 Å². The highest BCUT2D eigenvalue weighted by molar-refractivity contribution is 6.40. The van der Waals surface area contributed by atoms with E-state index in [0.29, 0.717) is 51.5 Å². The number of nitrogens with one attached hydrogen (secondary N) is 1. The van der Waals surface area contributed by atoms with Crippen LogP contribution in [-0.2, 0) is 11.0 Å². The summed E-state index contributed by atoms with van der Waals surface area (Å²) in [5.41, 5.74) is 2.53. The van der Waals surface area contributed by atoms with E-state index < -0.39 is 29.3 Å². The Kier molecular flexibility index (Phi) is 6.06. The zero-order valence-electron chi connectivity index (χ0n) is 22.7. The van der Waals surface area contributed by atoms with Crippen molar-refractivity contribution in [3.63, 3.8) is 0 Å². The molecule has 1 atom stereocenters. The topological polar surface area (TPSA) is 66.5 Å². The number of nitrogens with zero attached hydrogens (tertiary/aromatic N) is 1. The van der Waals surface area contributed by atoms with Gasteiger partial charge in [0.2, 0.25) is 0 Å². The number of anilines is 2. The Morgan fingerprint density at radius 3 is 2.05 bits per heavy atom. The molecule has 1 N–H and O–H groups in total. The predicted molar refractivity (Wildman–Crippen MR) is 150 cm³/mol. The average molecular weight is 557 g/mol. The molecule has 0 aromatic heterocycles. The lowest BCUT2D eigenvalue weighted by Gasteiger charge is -2.38. The number of allylic oxidation sites excluding steroid dienone is 3. The molecule has 1 unspecified atom stereocenters. The fourth-order valence-electron chi connectivity index (χ4n) is 6.23. The Morgan fingerprint density at radius 1 is 0.854 bits per heavy atom. The van der Waals surface area contributed by atoms with E-state index in [1.165, 1.54) is 12.1 Å². The number of alkyl halides is 3. The predicted octanol–water partition coefficient (Wildman–Crippen LogP) is 7.68. The zero-order chi connectivity index (χ0) is 29.3. The maximum absolute atomic E-state index is 13.9. The van der Waals surface area contributed by atoms with Gasteiger partial charge in [-0.25, -0.2) is 0 Å². The quantitative estimate of drug-likeness (QED) is 0.259. The summed E-state index contributed by atoms with van der Waals surface area (Å²) >= 11 is 0. The number of para-hydroxylation sites is 2. The van der Waals surface area contributed by atoms with E-state index in [9.17, 15) is 27.6 Å². The molecule has 6 rings (SSSR count). The SMILES string of the molecule is CC(=C1C(=O)c2ccccc2C1=O)N1c2ccccc2NC2=C(C(=O)CC(C)(C)C2)C1c1ccc(C(F)(F)F)cc1. The van der Waals surface area contributed by atoms with Crippen molar-refractivity contribution in [2.75, 3.05) is 10.2 Å². The van der Waals surface area contributed by atoms with Gasteiger partial charge in [0.25, 0.3) is 0 Å². The summed E-state index contributed by atoms with van der Waals surface area (Å²) in [5.74, 6) is -0.986. The van der Waals surface area contributed by atoms with Crippen LogP contribution in [0.25, 0.3) is 0 Å². The molecule has 2 aliphatic carbocycles. The number of hydrogen-bond acceptors (Lipinski definition) is 5. The average Bonchev–Trinajstić information content (AvgIpc) is 3.07. The maximum Gasteiger partial charge on any atom is 0.416 e. The Balaban J connectivity index is 1.64. The van der Waals surface area contributed by atoms with Crippen molar-refractivity contribution >= 4 is 28.7 Å². The summed E-state index contributed by atoms with van der Waals surface area (Å²) in [6, 6.07) is 17.8. The number of ketones is 3. The van der Waals surface area contributed by atoms with E-state index in [1.54, 1.807) is 42.2 Å². The molecule has 3 aromatic rings. The molecule has 0 saturated carbocycles. The molecule has 0 bridgehead atoms. The summed E-state index contributed by atoms with van der Waals surface area (Å²) in [6.07, 6.45) is -3.75. The molecule has 3 aliphatic rings. The highest BCUT2D eigenvalue weighted by Gasteiger charge is 2.44. The molecule has 0 spiro atoms. The van der Waals surface area contributed by atoms with Crippen LogP contribution >= 0.6 is 0 Å². The van der Waals surface area contributed by atoms with Crippen LogP contribution in [0.1, 0.15) is 71.5 Å². The molecule has 0 radical (unpaired) electrons. The summed E-state index contributed by atoms with van der Waals surface area (Å²) in [6.45, 7) is 5.66. The van der Waals surface area contributed by atoms with Crippen molar-refractivity contribution in [3.05, 3.63) is 118 Å². The van der Waals surface area contributed by atoms with E-state index in [4.69, 9.17) is 0 Å². The van der Waals surface area contributed by atoms with Crippen molar-refractivity contribution in [2.45, 2.75) is 45.8 Å². The van der Waals surface area contributed by atoms with E-state index in [0.717, 1.165) is 12.1 Å². The lowest BCUT2D eigenvalue weighted by atomic mass is 9.73. The van der Waals surface area contributed by atoms with Gasteiger partial charge in [0.05, 0.1) is 28.6 Å². The molecule has 0 fully saturated rings. The van der Waals surface area contributed by atoms with Crippen LogP contribution in [0, 0.1) is 5.41 Å². The summed E-state index contributed by atoms with van der Waals surface area (Å²) in [5, 5.41) is 3.44. The highest BCUT2D eigenvalue weighted by Crippen LogP contribution is 2.50. The third-order valence-electron chi connectivity index (χ3n) is 8.05. The second-order valence-electron chi connectivity index (χ2n) is 11.5. The van der Waals surface area contributed by atoms with Crippen molar-refractivity contribution in [2.24, 2.45) is 5.41 Å². The molecule has 0 amide bonds. The van der Waals surface area contributed by atoms with Crippen LogP contribution in [0.3, 0.4) is 0 Å². The van der Waals surface area contributed by atoms with Gasteiger partial charge in [-0.15, -0.1) is 0 Å². The Bertz CT molecular complexity index is 1660. The third kappa shape index (κ3) is 4.38. The molecule has 3 aromatic carbocycles. The van der Waals surface area contributed by atoms with Crippen molar-refractivity contribution < 1.29 is 27.6 Å². The first-order valence-corrected chi connectivity index (χ1v) is 13.4. The minimum Gasteiger partial charge on any atom is -0.357 e. The Hall–Kier alpha value is -4.46. The molecule has 1 heterocycles. The van der Waals surface area contributed by atoms with Gasteiger partial charge in [0, 0.05) is 34.5 Å². The Morgan fingerprint density at radius 2 is 1.44 bits per heavy atom. The van der Waals surface area contributed by atoms with E-state index in [-0.39, 0.29) is 23.2 Å². The minimum atomic E-state index is -4.53. The number of fused-ring (bicyclic) bond motifs is 2. The standard InChI is InChI=1S/C33H27F3N2O3/c1-18(27-30(40)21-8-4-5-9-22(21)31(27)41)38-25-11-7-6-10-23(25)37-24-16-32(2,3)17-26(39)28(24)29(38)19-12-14-20(15-13-19)33(34,35)36/h4-15,29,37H,16-17H2,1-3H3. The van der Waals surface area contributed by atoms with Crippen LogP contribution in [0.5, 0.6) is 0 Å². The molecule has 1 aliphatic heterocycles. The number of Topliss-reactive ketones (excluding diaryl/α,β-unsaturated/α-hetero) is 3. The van der Waals surface area contributed by atoms with Gasteiger partial charge in [-0.1, -0.05) is 62.4 Å². The Labute approximate surface area is 235 Å². The summed E-state index contributed by atoms with van der Waals surface area (Å²) < 4.78 is 40.5. The largest absolute Gasteiger partial charge is 0.416 e. The van der Waals surface area contributed by atoms with Gasteiger partial charge in [-0.2, -0.15) is 13.2 Å². The highest BCUT2D eigenvalue weighted by atomic mass is 19.4. The number of carbonyl (C=O) groups excluding carboxylic acids is 3. The van der Waals surface area contributed by atoms with E-state index in [2.05, 4.69) is 5.32 Å². The van der Waals surface area contributed by atoms with E-state index >= 15 is 0 Å². The van der Waals surface area contributed by atoms with E-state index in [1.807, 2.05) is 32.0 Å². The molecule has 41 heavy (non-hydrogen) atoms. The number of benzene rings is 3. The molecule has 208 valence electrons. The first-order valence-electron chi connectivity index (χ1n) is 13.4. The maximum atomic E-state index is 13.9. The lowest BCUT2D eigenvalue weighted by Crippen LogP contribution is -2.36. The normalized spacial score (nSPS) is 19.9. The van der Waals surface area contributed by atoms with Gasteiger partial charge >= 0.3 is 6.18 Å². The zero-order valence-corrected chi connectivity index (χ0v) is 22.7. The lowest BCUT2D eigenvalue weighted by molar-refractivity contribution is -0.137. The smallest absolute Gasteiger partial charge is 0.357 e. The number of carbonyl (C=O) groups is 3. The van der Waals surface area contributed by atoms with Crippen LogP contribution in [0.2, 0.25) is 0 Å². The molecule has 8 heteroatoms. The monoisotopic (exact) mass is 556 g/mol. The summed E-state index contributed by atoms with van der Waals surface area (Å²) in [4.78, 5) is 42.9. The first-order chi connectivity index (χ1) is 19.4. The molecule has 5 nitrogen and oxygen atoms in total. The third-order valence-corrected chi connectivity index (χ3v) is 8.05. The van der Waals surface area contributed by atoms with Crippen LogP contribution < -0.4 is 10.2 Å². The first kappa shape index (κ1) is 26.7. The van der Waals surface area contributed by atoms with Crippen LogP contribution in [-0.4, -0.2) is 17.3 Å². The van der Waals surface area contributed by atoms with Crippen LogP contribution in [0.15, 0.2) is 95.3 Å². The van der Waals surface area contributed by atoms with Crippen LogP contribution in [0.4, 0.5) is 24.5 Å². The number of hydrogen-bond donors (Lipinski definition) is 1. The van der Waals surface area contributed by atoms with Crippen molar-refractivity contribution in [3.8, 4) is 0 Å². The van der Waals surface area contributed by atoms with Gasteiger partial charge < -0.3 is 10.2 Å². The molecular weight excluding hydrogens is 529 g/mol. The summed E-state index contributed by atoms with van der Waals surface area (Å²) in [7, 11) is 0. The second-order valence-corrected chi connectivity index (χ2v) is 11.5. The van der Waals surface area contributed by atoms with Gasteiger partial charge in [0.15, 0.2) is 17.3 Å². The number of halogens is 3. The fraction of sp³-hybridized carbons (Fsp3) is 0.242. The van der Waals surface area contributed by atoms with Gasteiger partial charge in [-0.05, 0) is 48.6 Å². The number of rotatable bonds is 2.